The minimum absolute atomic E-state index is 0.0812. The zero-order chi connectivity index (χ0) is 11.7. The standard InChI is InChI=1S/C13H14ClNS/c1-8-3-10(6-12(14)4-8)13(15)11-5-9(2)16-7-11/h3-7,13H,15H2,1-2H3. The Kier molecular flexibility index (Phi) is 3.33. The van der Waals surface area contributed by atoms with Crippen LogP contribution in [0.2, 0.25) is 5.02 Å². The quantitative estimate of drug-likeness (QED) is 0.856. The van der Waals surface area contributed by atoms with Crippen LogP contribution in [0, 0.1) is 13.8 Å². The average molecular weight is 252 g/mol. The first-order valence-corrected chi connectivity index (χ1v) is 6.40. The van der Waals surface area contributed by atoms with Gasteiger partial charge >= 0.3 is 0 Å². The molecule has 3 heteroatoms. The van der Waals surface area contributed by atoms with E-state index in [0.717, 1.165) is 21.7 Å². The summed E-state index contributed by atoms with van der Waals surface area (Å²) in [6, 6.07) is 8.01. The van der Waals surface area contributed by atoms with Gasteiger partial charge in [0.05, 0.1) is 6.04 Å². The van der Waals surface area contributed by atoms with Crippen molar-refractivity contribution in [2.75, 3.05) is 0 Å². The largest absolute Gasteiger partial charge is 0.320 e. The van der Waals surface area contributed by atoms with Crippen LogP contribution in [0.3, 0.4) is 0 Å². The molecule has 1 aromatic carbocycles. The summed E-state index contributed by atoms with van der Waals surface area (Å²) < 4.78 is 0. The van der Waals surface area contributed by atoms with E-state index in [2.05, 4.69) is 24.4 Å². The first-order valence-electron chi connectivity index (χ1n) is 5.14. The molecule has 1 heterocycles. The predicted octanol–water partition coefficient (Wildman–Crippen LogP) is 4.07. The van der Waals surface area contributed by atoms with E-state index in [1.165, 1.54) is 4.88 Å². The lowest BCUT2D eigenvalue weighted by Crippen LogP contribution is -2.11. The van der Waals surface area contributed by atoms with Crippen molar-refractivity contribution < 1.29 is 0 Å². The SMILES string of the molecule is Cc1cc(Cl)cc(C(N)c2csc(C)c2)c1. The molecule has 0 fully saturated rings. The Morgan fingerprint density at radius 3 is 2.44 bits per heavy atom. The summed E-state index contributed by atoms with van der Waals surface area (Å²) in [7, 11) is 0. The lowest BCUT2D eigenvalue weighted by atomic mass is 10.0. The highest BCUT2D eigenvalue weighted by molar-refractivity contribution is 7.10. The van der Waals surface area contributed by atoms with Crippen LogP contribution >= 0.6 is 22.9 Å². The van der Waals surface area contributed by atoms with Crippen molar-refractivity contribution in [3.05, 3.63) is 56.2 Å². The molecule has 0 radical (unpaired) electrons. The molecule has 0 amide bonds. The third kappa shape index (κ3) is 2.46. The van der Waals surface area contributed by atoms with Gasteiger partial charge in [-0.15, -0.1) is 11.3 Å². The molecular weight excluding hydrogens is 238 g/mol. The number of benzene rings is 1. The first kappa shape index (κ1) is 11.6. The molecule has 16 heavy (non-hydrogen) atoms. The van der Waals surface area contributed by atoms with Crippen molar-refractivity contribution >= 4 is 22.9 Å². The average Bonchev–Trinajstić information content (AvgIpc) is 2.62. The maximum atomic E-state index is 6.22. The molecule has 1 aromatic heterocycles. The molecule has 0 aliphatic heterocycles. The third-order valence-corrected chi connectivity index (χ3v) is 3.63. The number of hydrogen-bond donors (Lipinski definition) is 1. The lowest BCUT2D eigenvalue weighted by Gasteiger charge is -2.11. The van der Waals surface area contributed by atoms with E-state index in [1.54, 1.807) is 11.3 Å². The van der Waals surface area contributed by atoms with Gasteiger partial charge in [0.25, 0.3) is 0 Å². The van der Waals surface area contributed by atoms with Gasteiger partial charge in [0.15, 0.2) is 0 Å². The van der Waals surface area contributed by atoms with E-state index in [1.807, 2.05) is 19.1 Å². The fourth-order valence-electron chi connectivity index (χ4n) is 1.76. The number of aryl methyl sites for hydroxylation is 2. The van der Waals surface area contributed by atoms with Gasteiger partial charge in [0.1, 0.15) is 0 Å². The van der Waals surface area contributed by atoms with Crippen LogP contribution in [0.5, 0.6) is 0 Å². The molecule has 0 saturated carbocycles. The van der Waals surface area contributed by atoms with Crippen molar-refractivity contribution in [3.8, 4) is 0 Å². The molecular formula is C13H14ClNS. The molecule has 2 rings (SSSR count). The maximum Gasteiger partial charge on any atom is 0.0560 e. The first-order chi connectivity index (χ1) is 7.56. The lowest BCUT2D eigenvalue weighted by molar-refractivity contribution is 0.874. The van der Waals surface area contributed by atoms with Crippen molar-refractivity contribution in [2.45, 2.75) is 19.9 Å². The summed E-state index contributed by atoms with van der Waals surface area (Å²) in [4.78, 5) is 1.28. The van der Waals surface area contributed by atoms with E-state index < -0.39 is 0 Å². The summed E-state index contributed by atoms with van der Waals surface area (Å²) >= 11 is 7.76. The van der Waals surface area contributed by atoms with Gasteiger partial charge in [0, 0.05) is 9.90 Å². The van der Waals surface area contributed by atoms with Gasteiger partial charge in [-0.2, -0.15) is 0 Å². The molecule has 0 saturated heterocycles. The smallest absolute Gasteiger partial charge is 0.0560 e. The van der Waals surface area contributed by atoms with Crippen LogP contribution < -0.4 is 5.73 Å². The Bertz CT molecular complexity index is 484. The molecule has 0 aliphatic rings. The van der Waals surface area contributed by atoms with Crippen LogP contribution in [0.1, 0.15) is 27.6 Å². The second-order valence-electron chi connectivity index (χ2n) is 4.03. The number of nitrogens with two attached hydrogens (primary N) is 1. The number of halogens is 1. The Morgan fingerprint density at radius 2 is 1.88 bits per heavy atom. The zero-order valence-corrected chi connectivity index (χ0v) is 10.9. The van der Waals surface area contributed by atoms with Crippen LogP contribution in [0.25, 0.3) is 0 Å². The molecule has 1 nitrogen and oxygen atoms in total. The molecule has 2 aromatic rings. The fourth-order valence-corrected chi connectivity index (χ4v) is 2.80. The topological polar surface area (TPSA) is 26.0 Å². The third-order valence-electron chi connectivity index (χ3n) is 2.53. The number of thiophene rings is 1. The molecule has 1 unspecified atom stereocenters. The van der Waals surface area contributed by atoms with Crippen LogP contribution in [0.4, 0.5) is 0 Å². The number of hydrogen-bond acceptors (Lipinski definition) is 2. The van der Waals surface area contributed by atoms with E-state index >= 15 is 0 Å². The van der Waals surface area contributed by atoms with E-state index in [9.17, 15) is 0 Å². The van der Waals surface area contributed by atoms with Crippen molar-refractivity contribution in [3.63, 3.8) is 0 Å². The fraction of sp³-hybridized carbons (Fsp3) is 0.231. The summed E-state index contributed by atoms with van der Waals surface area (Å²) in [6.07, 6.45) is 0. The second-order valence-corrected chi connectivity index (χ2v) is 5.58. The van der Waals surface area contributed by atoms with Crippen LogP contribution in [0.15, 0.2) is 29.6 Å². The highest BCUT2D eigenvalue weighted by Gasteiger charge is 2.11. The minimum Gasteiger partial charge on any atom is -0.320 e. The summed E-state index contributed by atoms with van der Waals surface area (Å²) in [6.45, 7) is 4.12. The minimum atomic E-state index is -0.0812. The van der Waals surface area contributed by atoms with Crippen molar-refractivity contribution in [1.82, 2.24) is 0 Å². The Morgan fingerprint density at radius 1 is 1.12 bits per heavy atom. The van der Waals surface area contributed by atoms with E-state index in [0.29, 0.717) is 0 Å². The van der Waals surface area contributed by atoms with Crippen molar-refractivity contribution in [2.24, 2.45) is 5.73 Å². The summed E-state index contributed by atoms with van der Waals surface area (Å²) in [5.41, 5.74) is 9.59. The Labute approximate surface area is 105 Å². The van der Waals surface area contributed by atoms with Crippen LogP contribution in [-0.2, 0) is 0 Å². The Hall–Kier alpha value is -0.830. The maximum absolute atomic E-state index is 6.22. The van der Waals surface area contributed by atoms with E-state index in [4.69, 9.17) is 17.3 Å². The van der Waals surface area contributed by atoms with Gasteiger partial charge in [-0.1, -0.05) is 17.7 Å². The van der Waals surface area contributed by atoms with Gasteiger partial charge in [-0.3, -0.25) is 0 Å². The van der Waals surface area contributed by atoms with Gasteiger partial charge < -0.3 is 5.73 Å². The molecule has 1 atom stereocenters. The molecule has 0 spiro atoms. The predicted molar refractivity (Wildman–Crippen MR) is 71.3 cm³/mol. The normalized spacial score (nSPS) is 12.8. The molecule has 0 aliphatic carbocycles. The molecule has 84 valence electrons. The van der Waals surface area contributed by atoms with Gasteiger partial charge in [0.2, 0.25) is 0 Å². The molecule has 2 N–H and O–H groups in total. The highest BCUT2D eigenvalue weighted by Crippen LogP contribution is 2.26. The number of rotatable bonds is 2. The van der Waals surface area contributed by atoms with Gasteiger partial charge in [-0.25, -0.2) is 0 Å². The second kappa shape index (κ2) is 4.58. The monoisotopic (exact) mass is 251 g/mol. The van der Waals surface area contributed by atoms with E-state index in [-0.39, 0.29) is 6.04 Å². The summed E-state index contributed by atoms with van der Waals surface area (Å²) in [5, 5.41) is 2.85. The van der Waals surface area contributed by atoms with Gasteiger partial charge in [-0.05, 0) is 54.1 Å². The summed E-state index contributed by atoms with van der Waals surface area (Å²) in [5.74, 6) is 0. The highest BCUT2D eigenvalue weighted by atomic mass is 35.5. The zero-order valence-electron chi connectivity index (χ0n) is 9.33. The van der Waals surface area contributed by atoms with Crippen LogP contribution in [-0.4, -0.2) is 0 Å². The Balaban J connectivity index is 2.37. The molecule has 0 bridgehead atoms. The van der Waals surface area contributed by atoms with Crippen molar-refractivity contribution in [1.29, 1.82) is 0 Å².